The summed E-state index contributed by atoms with van der Waals surface area (Å²) in [4.78, 5) is 12.3. The molecule has 6 nitrogen and oxygen atoms in total. The maximum Gasteiger partial charge on any atom is 0.460 e. The molecule has 0 aliphatic heterocycles. The van der Waals surface area contributed by atoms with Gasteiger partial charge in [0.15, 0.2) is 5.01 Å². The van der Waals surface area contributed by atoms with E-state index in [0.29, 0.717) is 5.69 Å². The van der Waals surface area contributed by atoms with Gasteiger partial charge >= 0.3 is 12.1 Å². The first-order chi connectivity index (χ1) is 11.7. The molecule has 0 aliphatic carbocycles. The number of rotatable bonds is 3. The van der Waals surface area contributed by atoms with E-state index >= 15 is 0 Å². The quantitative estimate of drug-likeness (QED) is 0.762. The number of carbonyl (C=O) groups excluding carboxylic acids is 1. The smallest absolute Gasteiger partial charge is 0.295 e. The highest BCUT2D eigenvalue weighted by Crippen LogP contribution is 2.45. The van der Waals surface area contributed by atoms with Crippen LogP contribution in [0.2, 0.25) is 5.02 Å². The van der Waals surface area contributed by atoms with E-state index in [2.05, 4.69) is 20.6 Å². The summed E-state index contributed by atoms with van der Waals surface area (Å²) >= 11 is 6.08. The molecule has 0 unspecified atom stereocenters. The number of amides is 1. The van der Waals surface area contributed by atoms with Crippen molar-refractivity contribution in [2.75, 3.05) is 5.32 Å². The molecule has 0 saturated carbocycles. The zero-order valence-electron chi connectivity index (χ0n) is 13.9. The second-order valence-corrected chi connectivity index (χ2v) is 7.68. The first-order valence-electron chi connectivity index (χ1n) is 6.99. The van der Waals surface area contributed by atoms with Gasteiger partial charge in [-0.3, -0.25) is 14.8 Å². The Morgan fingerprint density at radius 1 is 1.15 bits per heavy atom. The normalized spacial score (nSPS) is 13.2. The average molecular weight is 418 g/mol. The van der Waals surface area contributed by atoms with Crippen LogP contribution < -0.4 is 5.32 Å². The number of hydrogen-bond acceptors (Lipinski definition) is 5. The fraction of sp³-hybridized carbons (Fsp3) is 0.538. The standard InChI is InChI=1S/C13H13ClF5N5OS/c1-11(2,3)7-5(14)6(24(4)23-7)8(25)20-10-22-21-9(26-10)12(15,16)13(17,18)19/h1-4H3,(H,20,22,25). The van der Waals surface area contributed by atoms with Gasteiger partial charge in [0.2, 0.25) is 5.13 Å². The minimum atomic E-state index is -5.82. The fourth-order valence-electron chi connectivity index (χ4n) is 1.90. The van der Waals surface area contributed by atoms with E-state index < -0.39 is 33.6 Å². The molecule has 0 fully saturated rings. The van der Waals surface area contributed by atoms with Gasteiger partial charge in [0, 0.05) is 12.5 Å². The second-order valence-electron chi connectivity index (χ2n) is 6.32. The van der Waals surface area contributed by atoms with E-state index in [4.69, 9.17) is 11.6 Å². The molecule has 2 heterocycles. The van der Waals surface area contributed by atoms with Crippen molar-refractivity contribution in [3.63, 3.8) is 0 Å². The summed E-state index contributed by atoms with van der Waals surface area (Å²) < 4.78 is 64.7. The molecule has 2 rings (SSSR count). The van der Waals surface area contributed by atoms with Crippen LogP contribution in [0.1, 0.15) is 42.0 Å². The predicted molar refractivity (Wildman–Crippen MR) is 84.7 cm³/mol. The van der Waals surface area contributed by atoms with E-state index in [-0.39, 0.29) is 22.1 Å². The van der Waals surface area contributed by atoms with Gasteiger partial charge in [0.1, 0.15) is 5.69 Å². The Morgan fingerprint density at radius 3 is 2.19 bits per heavy atom. The molecule has 0 atom stereocenters. The summed E-state index contributed by atoms with van der Waals surface area (Å²) in [6.45, 7) is 5.46. The molecule has 0 saturated heterocycles. The lowest BCUT2D eigenvalue weighted by Gasteiger charge is -2.15. The fourth-order valence-corrected chi connectivity index (χ4v) is 3.17. The zero-order chi connectivity index (χ0) is 20.1. The molecular weight excluding hydrogens is 405 g/mol. The summed E-state index contributed by atoms with van der Waals surface area (Å²) in [6.07, 6.45) is -5.82. The zero-order valence-corrected chi connectivity index (χ0v) is 15.4. The summed E-state index contributed by atoms with van der Waals surface area (Å²) in [5.41, 5.74) is -0.137. The number of nitrogens with zero attached hydrogens (tertiary/aromatic N) is 4. The van der Waals surface area contributed by atoms with Crippen LogP contribution >= 0.6 is 22.9 Å². The van der Waals surface area contributed by atoms with E-state index in [1.165, 1.54) is 11.7 Å². The SMILES string of the molecule is Cn1nc(C(C)(C)C)c(Cl)c1C(=O)Nc1nnc(C(F)(F)C(F)(F)F)s1. The lowest BCUT2D eigenvalue weighted by atomic mass is 9.92. The largest absolute Gasteiger partial charge is 0.460 e. The number of hydrogen-bond donors (Lipinski definition) is 1. The Kier molecular flexibility index (Phi) is 5.05. The van der Waals surface area contributed by atoms with Gasteiger partial charge in [-0.25, -0.2) is 0 Å². The predicted octanol–water partition coefficient (Wildman–Crippen LogP) is 4.13. The summed E-state index contributed by atoms with van der Waals surface area (Å²) in [5.74, 6) is -6.03. The maximum atomic E-state index is 13.2. The van der Waals surface area contributed by atoms with Crippen molar-refractivity contribution in [2.24, 2.45) is 7.05 Å². The molecule has 0 radical (unpaired) electrons. The van der Waals surface area contributed by atoms with Crippen molar-refractivity contribution in [1.82, 2.24) is 20.0 Å². The third-order valence-electron chi connectivity index (χ3n) is 3.18. The molecule has 2 aromatic heterocycles. The summed E-state index contributed by atoms with van der Waals surface area (Å²) in [7, 11) is 1.44. The first kappa shape index (κ1) is 20.5. The molecule has 1 N–H and O–H groups in total. The number of halogens is 6. The van der Waals surface area contributed by atoms with E-state index in [1.807, 2.05) is 20.8 Å². The average Bonchev–Trinajstić information content (AvgIpc) is 3.02. The van der Waals surface area contributed by atoms with Crippen molar-refractivity contribution in [1.29, 1.82) is 0 Å². The lowest BCUT2D eigenvalue weighted by molar-refractivity contribution is -0.289. The van der Waals surface area contributed by atoms with Crippen LogP contribution in [0.25, 0.3) is 0 Å². The van der Waals surface area contributed by atoms with Gasteiger partial charge in [-0.1, -0.05) is 43.7 Å². The van der Waals surface area contributed by atoms with Crippen LogP contribution in [0.3, 0.4) is 0 Å². The molecule has 13 heteroatoms. The van der Waals surface area contributed by atoms with Crippen LogP contribution in [0.4, 0.5) is 27.1 Å². The number of carbonyl (C=O) groups is 1. The second kappa shape index (κ2) is 6.41. The third-order valence-corrected chi connectivity index (χ3v) is 4.45. The first-order valence-corrected chi connectivity index (χ1v) is 8.18. The third kappa shape index (κ3) is 3.65. The number of alkyl halides is 5. The van der Waals surface area contributed by atoms with Crippen molar-refractivity contribution in [2.45, 2.75) is 38.3 Å². The Bertz CT molecular complexity index is 839. The number of aromatic nitrogens is 4. The molecule has 2 aromatic rings. The van der Waals surface area contributed by atoms with Crippen LogP contribution in [0.5, 0.6) is 0 Å². The Hall–Kier alpha value is -1.82. The molecule has 1 amide bonds. The monoisotopic (exact) mass is 417 g/mol. The van der Waals surface area contributed by atoms with E-state index in [9.17, 15) is 26.7 Å². The van der Waals surface area contributed by atoms with Crippen molar-refractivity contribution < 1.29 is 26.7 Å². The van der Waals surface area contributed by atoms with Crippen LogP contribution in [0.15, 0.2) is 0 Å². The Balaban J connectivity index is 2.29. The van der Waals surface area contributed by atoms with E-state index in [0.717, 1.165) is 0 Å². The van der Waals surface area contributed by atoms with Gasteiger partial charge < -0.3 is 0 Å². The summed E-state index contributed by atoms with van der Waals surface area (Å²) in [5, 5.41) is 10.2. The van der Waals surface area contributed by atoms with Crippen molar-refractivity contribution >= 4 is 34.0 Å². The number of nitrogens with one attached hydrogen (secondary N) is 1. The molecule has 144 valence electrons. The topological polar surface area (TPSA) is 72.7 Å². The van der Waals surface area contributed by atoms with Gasteiger partial charge in [-0.2, -0.15) is 27.1 Å². The lowest BCUT2D eigenvalue weighted by Crippen LogP contribution is -2.33. The van der Waals surface area contributed by atoms with Gasteiger partial charge in [0.25, 0.3) is 5.91 Å². The molecule has 0 aliphatic rings. The molecule has 0 spiro atoms. The number of aryl methyl sites for hydroxylation is 1. The highest BCUT2D eigenvalue weighted by molar-refractivity contribution is 7.15. The van der Waals surface area contributed by atoms with Crippen LogP contribution in [-0.2, 0) is 18.4 Å². The van der Waals surface area contributed by atoms with E-state index in [1.54, 1.807) is 0 Å². The highest BCUT2D eigenvalue weighted by atomic mass is 35.5. The molecule has 26 heavy (non-hydrogen) atoms. The van der Waals surface area contributed by atoms with Crippen molar-refractivity contribution in [3.05, 3.63) is 21.4 Å². The van der Waals surface area contributed by atoms with Crippen molar-refractivity contribution in [3.8, 4) is 0 Å². The molecule has 0 bridgehead atoms. The maximum absolute atomic E-state index is 13.2. The Labute approximate surface area is 153 Å². The van der Waals surface area contributed by atoms with Gasteiger partial charge in [0.05, 0.1) is 10.7 Å². The molecule has 0 aromatic carbocycles. The van der Waals surface area contributed by atoms with Gasteiger partial charge in [-0.05, 0) is 0 Å². The summed E-state index contributed by atoms with van der Waals surface area (Å²) in [6, 6.07) is 0. The Morgan fingerprint density at radius 2 is 1.73 bits per heavy atom. The van der Waals surface area contributed by atoms with Gasteiger partial charge in [-0.15, -0.1) is 10.2 Å². The molecular formula is C13H13ClF5N5OS. The minimum absolute atomic E-state index is 0.0443. The van der Waals surface area contributed by atoms with Crippen LogP contribution in [0, 0.1) is 0 Å². The minimum Gasteiger partial charge on any atom is -0.295 e. The van der Waals surface area contributed by atoms with Crippen LogP contribution in [-0.4, -0.2) is 32.1 Å². The highest BCUT2D eigenvalue weighted by Gasteiger charge is 2.61. The number of anilines is 1.